The van der Waals surface area contributed by atoms with Gasteiger partial charge in [-0.3, -0.25) is 9.18 Å². The van der Waals surface area contributed by atoms with Crippen LogP contribution >= 0.6 is 0 Å². The predicted octanol–water partition coefficient (Wildman–Crippen LogP) is 5.59. The maximum atomic E-state index is 14.5. The highest BCUT2D eigenvalue weighted by atomic mass is 19.1. The van der Waals surface area contributed by atoms with Crippen molar-refractivity contribution in [3.05, 3.63) is 35.9 Å². The molecule has 3 heteroatoms. The molecule has 5 aliphatic rings. The van der Waals surface area contributed by atoms with E-state index < -0.39 is 0 Å². The molecule has 158 valence electrons. The predicted molar refractivity (Wildman–Crippen MR) is 114 cm³/mol. The molecule has 1 aromatic rings. The van der Waals surface area contributed by atoms with Crippen LogP contribution in [0.4, 0.5) is 4.39 Å². The van der Waals surface area contributed by atoms with Crippen LogP contribution in [-0.4, -0.2) is 19.0 Å². The normalized spacial score (nSPS) is 43.4. The zero-order chi connectivity index (χ0) is 20.1. The second-order valence-electron chi connectivity index (χ2n) is 11.3. The van der Waals surface area contributed by atoms with Gasteiger partial charge in [-0.2, -0.15) is 0 Å². The summed E-state index contributed by atoms with van der Waals surface area (Å²) in [4.78, 5) is 13.8. The number of carbonyl (C=O) groups is 1. The summed E-state index contributed by atoms with van der Waals surface area (Å²) < 4.78 is 14.5. The Kier molecular flexibility index (Phi) is 4.89. The van der Waals surface area contributed by atoms with Crippen molar-refractivity contribution in [1.29, 1.82) is 0 Å². The van der Waals surface area contributed by atoms with Gasteiger partial charge in [0.2, 0.25) is 0 Å². The molecule has 2 N–H and O–H groups in total. The average Bonchev–Trinajstić information content (AvgIpc) is 2.74. The van der Waals surface area contributed by atoms with Crippen LogP contribution in [0.2, 0.25) is 0 Å². The third-order valence-electron chi connectivity index (χ3n) is 9.22. The van der Waals surface area contributed by atoms with E-state index in [-0.39, 0.29) is 22.9 Å². The number of Topliss-reactive ketones (excluding diaryl/α,β-unsaturated/α-hetero) is 1. The Morgan fingerprint density at radius 3 is 2.38 bits per heavy atom. The molecule has 5 saturated carbocycles. The minimum absolute atomic E-state index is 0.0135. The van der Waals surface area contributed by atoms with Crippen molar-refractivity contribution < 1.29 is 9.18 Å². The fourth-order valence-corrected chi connectivity index (χ4v) is 8.36. The summed E-state index contributed by atoms with van der Waals surface area (Å²) in [5.74, 6) is 2.15. The highest BCUT2D eigenvalue weighted by Crippen LogP contribution is 2.70. The third-order valence-corrected chi connectivity index (χ3v) is 9.22. The maximum Gasteiger partial charge on any atom is 0.139 e. The van der Waals surface area contributed by atoms with Gasteiger partial charge >= 0.3 is 0 Å². The Bertz CT molecular complexity index is 757. The van der Waals surface area contributed by atoms with E-state index in [4.69, 9.17) is 5.73 Å². The lowest BCUT2D eigenvalue weighted by atomic mass is 9.38. The largest absolute Gasteiger partial charge is 0.330 e. The highest BCUT2D eigenvalue weighted by Gasteiger charge is 2.65. The minimum atomic E-state index is -0.272. The van der Waals surface area contributed by atoms with Gasteiger partial charge in [-0.15, -0.1) is 0 Å². The van der Waals surface area contributed by atoms with Crippen molar-refractivity contribution in [3.8, 4) is 0 Å². The van der Waals surface area contributed by atoms with E-state index in [2.05, 4.69) is 30.3 Å². The Morgan fingerprint density at radius 1 is 0.966 bits per heavy atom. The van der Waals surface area contributed by atoms with Gasteiger partial charge in [0.15, 0.2) is 0 Å². The van der Waals surface area contributed by atoms with Crippen LogP contribution in [0.25, 0.3) is 0 Å². The number of hydrogen-bond acceptors (Lipinski definition) is 2. The van der Waals surface area contributed by atoms with Crippen LogP contribution in [-0.2, 0) is 10.2 Å². The molecule has 1 aromatic carbocycles. The topological polar surface area (TPSA) is 43.1 Å². The molecule has 5 fully saturated rings. The third kappa shape index (κ3) is 3.28. The van der Waals surface area contributed by atoms with Crippen molar-refractivity contribution in [3.63, 3.8) is 0 Å². The van der Waals surface area contributed by atoms with Gasteiger partial charge in [0.1, 0.15) is 5.78 Å². The molecule has 0 spiro atoms. The van der Waals surface area contributed by atoms with Crippen molar-refractivity contribution in [1.82, 2.24) is 0 Å². The van der Waals surface area contributed by atoms with E-state index in [9.17, 15) is 9.18 Å². The van der Waals surface area contributed by atoms with Gasteiger partial charge in [-0.1, -0.05) is 30.3 Å². The standard InChI is InChI=1S/C26H36FNO/c27-18-24-11-21-12-25(15-24,22-4-2-1-3-5-22)17-26(13-21,16-24)23(29)10-19-6-8-20(14-28)9-7-19/h1-5,19-21H,6-18,28H2/t19?,20?,21?,24-,25+,26?/m0/s1. The number of alkyl halides is 1. The van der Waals surface area contributed by atoms with Crippen LogP contribution in [0.1, 0.15) is 76.2 Å². The molecular formula is C26H36FNO. The van der Waals surface area contributed by atoms with Crippen molar-refractivity contribution >= 4 is 5.78 Å². The molecule has 0 saturated heterocycles. The monoisotopic (exact) mass is 397 g/mol. The first-order chi connectivity index (χ1) is 14.0. The second-order valence-corrected chi connectivity index (χ2v) is 11.3. The first-order valence-corrected chi connectivity index (χ1v) is 11.9. The molecule has 0 amide bonds. The summed E-state index contributed by atoms with van der Waals surface area (Å²) in [6.45, 7) is 0.527. The zero-order valence-electron chi connectivity index (χ0n) is 17.7. The lowest BCUT2D eigenvalue weighted by Gasteiger charge is -2.66. The molecule has 2 nitrogen and oxygen atoms in total. The van der Waals surface area contributed by atoms with E-state index >= 15 is 0 Å². The molecular weight excluding hydrogens is 361 g/mol. The fourth-order valence-electron chi connectivity index (χ4n) is 8.36. The van der Waals surface area contributed by atoms with Gasteiger partial charge in [0.25, 0.3) is 0 Å². The van der Waals surface area contributed by atoms with Crippen molar-refractivity contribution in [2.24, 2.45) is 34.3 Å². The lowest BCUT2D eigenvalue weighted by Crippen LogP contribution is -2.61. The summed E-state index contributed by atoms with van der Waals surface area (Å²) in [7, 11) is 0. The van der Waals surface area contributed by atoms with Crippen LogP contribution in [0.15, 0.2) is 30.3 Å². The highest BCUT2D eigenvalue weighted by molar-refractivity contribution is 5.86. The van der Waals surface area contributed by atoms with Crippen LogP contribution in [0.5, 0.6) is 0 Å². The number of hydrogen-bond donors (Lipinski definition) is 1. The molecule has 0 radical (unpaired) electrons. The molecule has 29 heavy (non-hydrogen) atoms. The molecule has 0 aromatic heterocycles. The van der Waals surface area contributed by atoms with Gasteiger partial charge in [0, 0.05) is 17.3 Å². The number of ketones is 1. The molecule has 6 rings (SSSR count). The summed E-state index contributed by atoms with van der Waals surface area (Å²) >= 11 is 0. The quantitative estimate of drug-likeness (QED) is 0.680. The van der Waals surface area contributed by atoms with E-state index in [1.807, 2.05) is 0 Å². The van der Waals surface area contributed by atoms with Crippen molar-refractivity contribution in [2.45, 2.75) is 76.0 Å². The van der Waals surface area contributed by atoms with Crippen LogP contribution in [0.3, 0.4) is 0 Å². The lowest BCUT2D eigenvalue weighted by molar-refractivity contribution is -0.164. The molecule has 5 aliphatic carbocycles. The second kappa shape index (κ2) is 7.18. The fraction of sp³-hybridized carbons (Fsp3) is 0.731. The summed E-state index contributed by atoms with van der Waals surface area (Å²) in [5, 5.41) is 0. The van der Waals surface area contributed by atoms with Crippen LogP contribution in [0, 0.1) is 28.6 Å². The average molecular weight is 398 g/mol. The molecule has 0 aliphatic heterocycles. The van der Waals surface area contributed by atoms with Crippen LogP contribution < -0.4 is 5.73 Å². The summed E-state index contributed by atoms with van der Waals surface area (Å²) in [5.41, 5.74) is 6.68. The Morgan fingerprint density at radius 2 is 1.69 bits per heavy atom. The maximum absolute atomic E-state index is 14.5. The first-order valence-electron chi connectivity index (χ1n) is 11.9. The Labute approximate surface area is 174 Å². The molecule has 4 atom stereocenters. The number of carbonyl (C=O) groups excluding carboxylic acids is 1. The van der Waals surface area contributed by atoms with Gasteiger partial charge < -0.3 is 5.73 Å². The van der Waals surface area contributed by atoms with E-state index in [1.165, 1.54) is 18.4 Å². The van der Waals surface area contributed by atoms with E-state index in [0.29, 0.717) is 23.5 Å². The van der Waals surface area contributed by atoms with Crippen molar-refractivity contribution in [2.75, 3.05) is 13.2 Å². The minimum Gasteiger partial charge on any atom is -0.330 e. The van der Waals surface area contributed by atoms with Gasteiger partial charge in [0.05, 0.1) is 6.67 Å². The van der Waals surface area contributed by atoms with E-state index in [0.717, 1.165) is 64.3 Å². The number of rotatable bonds is 6. The zero-order valence-corrected chi connectivity index (χ0v) is 17.7. The number of nitrogens with two attached hydrogens (primary N) is 1. The Hall–Kier alpha value is -1.22. The summed E-state index contributed by atoms with van der Waals surface area (Å²) in [6.07, 6.45) is 11.2. The Balaban J connectivity index is 1.41. The number of halogens is 1. The van der Waals surface area contributed by atoms with E-state index in [1.54, 1.807) is 0 Å². The molecule has 2 unspecified atom stereocenters. The summed E-state index contributed by atoms with van der Waals surface area (Å²) in [6, 6.07) is 10.7. The smallest absolute Gasteiger partial charge is 0.139 e. The molecule has 0 heterocycles. The first kappa shape index (κ1) is 19.7. The SMILES string of the molecule is NCC1CCC(CC(=O)C23CC4C[C@@](CF)(C2)C[C@](c2ccccc2)(C4)C3)CC1. The van der Waals surface area contributed by atoms with Gasteiger partial charge in [-0.25, -0.2) is 0 Å². The molecule has 4 bridgehead atoms. The van der Waals surface area contributed by atoms with Gasteiger partial charge in [-0.05, 0) is 99.5 Å². The number of benzene rings is 1.